The average Bonchev–Trinajstić information content (AvgIpc) is 2.72. The summed E-state index contributed by atoms with van der Waals surface area (Å²) in [5, 5.41) is 3.09. The van der Waals surface area contributed by atoms with E-state index < -0.39 is 0 Å². The first kappa shape index (κ1) is 12.0. The maximum absolute atomic E-state index is 11.8. The van der Waals surface area contributed by atoms with Crippen molar-refractivity contribution in [1.29, 1.82) is 0 Å². The van der Waals surface area contributed by atoms with Crippen molar-refractivity contribution in [1.82, 2.24) is 15.3 Å². The molecule has 88 valence electrons. The Labute approximate surface area is 108 Å². The van der Waals surface area contributed by atoms with Crippen molar-refractivity contribution in [2.45, 2.75) is 13.5 Å². The van der Waals surface area contributed by atoms with Gasteiger partial charge in [0.05, 0.1) is 17.7 Å². The number of thiazole rings is 1. The van der Waals surface area contributed by atoms with Crippen molar-refractivity contribution < 1.29 is 4.79 Å². The number of nitrogens with zero attached hydrogens (tertiary/aromatic N) is 2. The summed E-state index contributed by atoms with van der Waals surface area (Å²) in [5.41, 5.74) is 3.02. The fraction of sp³-hybridized carbons (Fsp3) is 0.182. The van der Waals surface area contributed by atoms with Crippen LogP contribution in [0.4, 0.5) is 0 Å². The minimum Gasteiger partial charge on any atom is -0.346 e. The molecule has 2 rings (SSSR count). The standard InChI is InChI=1S/C11H10ClN3OS/c1-7-9(17-6-14-7)5-13-11(16)8-3-2-4-10(12)15-8/h2-4,6H,5H2,1H3,(H,13,16). The van der Waals surface area contributed by atoms with E-state index in [1.165, 1.54) is 11.3 Å². The molecule has 0 bridgehead atoms. The Morgan fingerprint density at radius 2 is 2.35 bits per heavy atom. The van der Waals surface area contributed by atoms with Crippen LogP contribution in [0, 0.1) is 6.92 Å². The quantitative estimate of drug-likeness (QED) is 0.869. The van der Waals surface area contributed by atoms with E-state index in [9.17, 15) is 4.79 Å². The lowest BCUT2D eigenvalue weighted by atomic mass is 10.3. The van der Waals surface area contributed by atoms with Crippen LogP contribution in [0.3, 0.4) is 0 Å². The van der Waals surface area contributed by atoms with Crippen molar-refractivity contribution in [2.75, 3.05) is 0 Å². The van der Waals surface area contributed by atoms with E-state index in [1.54, 1.807) is 23.7 Å². The van der Waals surface area contributed by atoms with Crippen LogP contribution < -0.4 is 5.32 Å². The molecule has 1 amide bonds. The predicted octanol–water partition coefficient (Wildman–Crippen LogP) is 2.43. The summed E-state index contributed by atoms with van der Waals surface area (Å²) in [7, 11) is 0. The van der Waals surface area contributed by atoms with Crippen LogP contribution in [-0.2, 0) is 6.54 Å². The molecule has 6 heteroatoms. The molecule has 0 radical (unpaired) electrons. The molecule has 0 unspecified atom stereocenters. The normalized spacial score (nSPS) is 10.2. The van der Waals surface area contributed by atoms with Gasteiger partial charge in [-0.15, -0.1) is 11.3 Å². The first-order valence-corrected chi connectivity index (χ1v) is 6.22. The lowest BCUT2D eigenvalue weighted by molar-refractivity contribution is 0.0946. The zero-order valence-corrected chi connectivity index (χ0v) is 10.7. The number of aromatic nitrogens is 2. The molecule has 2 aromatic heterocycles. The van der Waals surface area contributed by atoms with Gasteiger partial charge >= 0.3 is 0 Å². The number of carbonyl (C=O) groups is 1. The maximum atomic E-state index is 11.8. The SMILES string of the molecule is Cc1ncsc1CNC(=O)c1cccc(Cl)n1. The number of carbonyl (C=O) groups excluding carboxylic acids is 1. The van der Waals surface area contributed by atoms with Crippen LogP contribution in [0.5, 0.6) is 0 Å². The number of hydrogen-bond acceptors (Lipinski definition) is 4. The highest BCUT2D eigenvalue weighted by Gasteiger charge is 2.08. The molecular formula is C11H10ClN3OS. The molecular weight excluding hydrogens is 258 g/mol. The van der Waals surface area contributed by atoms with Gasteiger partial charge in [-0.1, -0.05) is 17.7 Å². The van der Waals surface area contributed by atoms with E-state index in [0.29, 0.717) is 17.4 Å². The van der Waals surface area contributed by atoms with E-state index in [-0.39, 0.29) is 5.91 Å². The summed E-state index contributed by atoms with van der Waals surface area (Å²) >= 11 is 7.23. The minimum atomic E-state index is -0.236. The topological polar surface area (TPSA) is 54.9 Å². The summed E-state index contributed by atoms with van der Waals surface area (Å²) in [6.07, 6.45) is 0. The van der Waals surface area contributed by atoms with Gasteiger partial charge in [-0.2, -0.15) is 0 Å². The molecule has 0 saturated heterocycles. The van der Waals surface area contributed by atoms with Crippen molar-refractivity contribution in [3.05, 3.63) is 45.1 Å². The predicted molar refractivity (Wildman–Crippen MR) is 67.3 cm³/mol. The highest BCUT2D eigenvalue weighted by atomic mass is 35.5. The number of rotatable bonds is 3. The van der Waals surface area contributed by atoms with Gasteiger partial charge in [-0.25, -0.2) is 9.97 Å². The Morgan fingerprint density at radius 3 is 3.00 bits per heavy atom. The van der Waals surface area contributed by atoms with Crippen LogP contribution in [0.2, 0.25) is 5.15 Å². The fourth-order valence-electron chi connectivity index (χ4n) is 1.28. The molecule has 2 heterocycles. The molecule has 4 nitrogen and oxygen atoms in total. The lowest BCUT2D eigenvalue weighted by Gasteiger charge is -2.03. The molecule has 0 saturated carbocycles. The Hall–Kier alpha value is -1.46. The highest BCUT2D eigenvalue weighted by molar-refractivity contribution is 7.09. The van der Waals surface area contributed by atoms with Crippen molar-refractivity contribution >= 4 is 28.8 Å². The van der Waals surface area contributed by atoms with Gasteiger partial charge in [0.1, 0.15) is 10.8 Å². The van der Waals surface area contributed by atoms with Crippen LogP contribution in [-0.4, -0.2) is 15.9 Å². The molecule has 17 heavy (non-hydrogen) atoms. The number of hydrogen-bond donors (Lipinski definition) is 1. The van der Waals surface area contributed by atoms with Crippen LogP contribution in [0.15, 0.2) is 23.7 Å². The van der Waals surface area contributed by atoms with Gasteiger partial charge in [-0.05, 0) is 19.1 Å². The summed E-state index contributed by atoms with van der Waals surface area (Å²) in [5.74, 6) is -0.236. The van der Waals surface area contributed by atoms with E-state index in [2.05, 4.69) is 15.3 Å². The zero-order valence-electron chi connectivity index (χ0n) is 9.11. The highest BCUT2D eigenvalue weighted by Crippen LogP contribution is 2.11. The smallest absolute Gasteiger partial charge is 0.270 e. The van der Waals surface area contributed by atoms with Gasteiger partial charge < -0.3 is 5.32 Å². The van der Waals surface area contributed by atoms with Crippen LogP contribution >= 0.6 is 22.9 Å². The number of amides is 1. The van der Waals surface area contributed by atoms with E-state index in [0.717, 1.165) is 10.6 Å². The Bertz CT molecular complexity index is 541. The summed E-state index contributed by atoms with van der Waals surface area (Å²) in [6, 6.07) is 4.95. The molecule has 0 aliphatic heterocycles. The fourth-order valence-corrected chi connectivity index (χ4v) is 2.16. The van der Waals surface area contributed by atoms with Crippen molar-refractivity contribution in [3.8, 4) is 0 Å². The third-order valence-corrected chi connectivity index (χ3v) is 3.35. The van der Waals surface area contributed by atoms with E-state index >= 15 is 0 Å². The van der Waals surface area contributed by atoms with Gasteiger partial charge in [0.2, 0.25) is 0 Å². The third-order valence-electron chi connectivity index (χ3n) is 2.20. The first-order valence-electron chi connectivity index (χ1n) is 4.96. The summed E-state index contributed by atoms with van der Waals surface area (Å²) in [6.45, 7) is 2.37. The molecule has 0 fully saturated rings. The maximum Gasteiger partial charge on any atom is 0.270 e. The molecule has 0 aliphatic carbocycles. The monoisotopic (exact) mass is 267 g/mol. The number of aryl methyl sites for hydroxylation is 1. The van der Waals surface area contributed by atoms with Gasteiger partial charge in [-0.3, -0.25) is 4.79 Å². The lowest BCUT2D eigenvalue weighted by Crippen LogP contribution is -2.23. The Kier molecular flexibility index (Phi) is 3.71. The molecule has 0 aliphatic rings. The second-order valence-electron chi connectivity index (χ2n) is 3.39. The number of nitrogens with one attached hydrogen (secondary N) is 1. The van der Waals surface area contributed by atoms with Crippen molar-refractivity contribution in [2.24, 2.45) is 0 Å². The Morgan fingerprint density at radius 1 is 1.53 bits per heavy atom. The average molecular weight is 268 g/mol. The summed E-state index contributed by atoms with van der Waals surface area (Å²) in [4.78, 5) is 20.8. The second kappa shape index (κ2) is 5.25. The van der Waals surface area contributed by atoms with Gasteiger partial charge in [0.15, 0.2) is 0 Å². The second-order valence-corrected chi connectivity index (χ2v) is 4.72. The molecule has 0 aromatic carbocycles. The van der Waals surface area contributed by atoms with E-state index in [1.807, 2.05) is 6.92 Å². The molecule has 0 atom stereocenters. The number of halogens is 1. The largest absolute Gasteiger partial charge is 0.346 e. The van der Waals surface area contributed by atoms with E-state index in [4.69, 9.17) is 11.6 Å². The number of pyridine rings is 1. The minimum absolute atomic E-state index is 0.236. The summed E-state index contributed by atoms with van der Waals surface area (Å²) < 4.78 is 0. The van der Waals surface area contributed by atoms with Gasteiger partial charge in [0.25, 0.3) is 5.91 Å². The molecule has 2 aromatic rings. The van der Waals surface area contributed by atoms with Gasteiger partial charge in [0, 0.05) is 4.88 Å². The third kappa shape index (κ3) is 3.01. The van der Waals surface area contributed by atoms with Crippen LogP contribution in [0.1, 0.15) is 21.1 Å². The van der Waals surface area contributed by atoms with Crippen LogP contribution in [0.25, 0.3) is 0 Å². The molecule has 1 N–H and O–H groups in total. The Balaban J connectivity index is 2.01. The van der Waals surface area contributed by atoms with Crippen molar-refractivity contribution in [3.63, 3.8) is 0 Å². The molecule has 0 spiro atoms. The zero-order chi connectivity index (χ0) is 12.3. The first-order chi connectivity index (χ1) is 8.16.